The Hall–Kier alpha value is -2.66. The van der Waals surface area contributed by atoms with Gasteiger partial charge in [-0.2, -0.15) is 0 Å². The molecule has 2 aromatic rings. The third kappa shape index (κ3) is 6.42. The predicted octanol–water partition coefficient (Wildman–Crippen LogP) is 4.66. The predicted molar refractivity (Wildman–Crippen MR) is 118 cm³/mol. The SMILES string of the molecule is C[C@@H](COC(=O)N(C)C1CCCC(=O)C1)N(Cc1ccccc1)Cc1ccccc1. The largest absolute Gasteiger partial charge is 0.448 e. The van der Waals surface area contributed by atoms with Gasteiger partial charge in [0.25, 0.3) is 0 Å². The first-order valence-electron chi connectivity index (χ1n) is 10.8. The first-order valence-corrected chi connectivity index (χ1v) is 10.8. The number of benzene rings is 2. The van der Waals surface area contributed by atoms with E-state index in [0.717, 1.165) is 25.9 Å². The first kappa shape index (κ1) is 22.0. The van der Waals surface area contributed by atoms with E-state index in [2.05, 4.69) is 36.1 Å². The highest BCUT2D eigenvalue weighted by Crippen LogP contribution is 2.20. The van der Waals surface area contributed by atoms with E-state index in [-0.39, 0.29) is 24.0 Å². The maximum absolute atomic E-state index is 12.6. The van der Waals surface area contributed by atoms with Gasteiger partial charge in [-0.05, 0) is 30.9 Å². The molecule has 5 nitrogen and oxygen atoms in total. The number of carbonyl (C=O) groups excluding carboxylic acids is 2. The molecule has 1 aliphatic carbocycles. The molecule has 30 heavy (non-hydrogen) atoms. The molecule has 1 aliphatic rings. The minimum Gasteiger partial charge on any atom is -0.448 e. The summed E-state index contributed by atoms with van der Waals surface area (Å²) in [6.07, 6.45) is 2.43. The van der Waals surface area contributed by atoms with Gasteiger partial charge in [-0.3, -0.25) is 9.69 Å². The Labute approximate surface area is 179 Å². The Balaban J connectivity index is 1.59. The van der Waals surface area contributed by atoms with Crippen LogP contribution in [-0.4, -0.2) is 47.4 Å². The van der Waals surface area contributed by atoms with Crippen molar-refractivity contribution in [1.82, 2.24) is 9.80 Å². The van der Waals surface area contributed by atoms with E-state index in [0.29, 0.717) is 19.4 Å². The summed E-state index contributed by atoms with van der Waals surface area (Å²) in [5, 5.41) is 0. The minimum absolute atomic E-state index is 0.0428. The van der Waals surface area contributed by atoms with Gasteiger partial charge in [-0.1, -0.05) is 60.7 Å². The smallest absolute Gasteiger partial charge is 0.409 e. The standard InChI is InChI=1S/C25H32N2O3/c1-20(19-30-25(29)26(2)23-14-9-15-24(28)16-23)27(17-21-10-5-3-6-11-21)18-22-12-7-4-8-13-22/h3-8,10-13,20,23H,9,14-19H2,1-2H3/t20-,23?/m0/s1. The van der Waals surface area contributed by atoms with Crippen molar-refractivity contribution >= 4 is 11.9 Å². The second-order valence-corrected chi connectivity index (χ2v) is 8.20. The molecule has 0 aromatic heterocycles. The van der Waals surface area contributed by atoms with Crippen molar-refractivity contribution < 1.29 is 14.3 Å². The van der Waals surface area contributed by atoms with Crippen molar-refractivity contribution in [2.45, 2.75) is 57.8 Å². The van der Waals surface area contributed by atoms with Crippen LogP contribution in [0.4, 0.5) is 4.79 Å². The summed E-state index contributed by atoms with van der Waals surface area (Å²) >= 11 is 0. The van der Waals surface area contributed by atoms with Crippen molar-refractivity contribution in [2.75, 3.05) is 13.7 Å². The van der Waals surface area contributed by atoms with Gasteiger partial charge in [0.1, 0.15) is 12.4 Å². The van der Waals surface area contributed by atoms with Gasteiger partial charge in [0.2, 0.25) is 0 Å². The maximum atomic E-state index is 12.6. The zero-order chi connectivity index (χ0) is 21.3. The highest BCUT2D eigenvalue weighted by molar-refractivity contribution is 5.80. The van der Waals surface area contributed by atoms with E-state index in [9.17, 15) is 9.59 Å². The van der Waals surface area contributed by atoms with E-state index in [1.165, 1.54) is 11.1 Å². The van der Waals surface area contributed by atoms with Gasteiger partial charge in [0.15, 0.2) is 0 Å². The number of ketones is 1. The van der Waals surface area contributed by atoms with Crippen molar-refractivity contribution in [3.8, 4) is 0 Å². The molecule has 5 heteroatoms. The summed E-state index contributed by atoms with van der Waals surface area (Å²) in [5.74, 6) is 0.233. The second-order valence-electron chi connectivity index (χ2n) is 8.20. The molecule has 3 rings (SSSR count). The third-order valence-electron chi connectivity index (χ3n) is 5.82. The lowest BCUT2D eigenvalue weighted by molar-refractivity contribution is -0.121. The normalized spacial score (nSPS) is 17.6. The molecule has 1 saturated carbocycles. The number of rotatable bonds is 8. The number of Topliss-reactive ketones (excluding diaryl/α,β-unsaturated/α-hetero) is 1. The van der Waals surface area contributed by atoms with Crippen LogP contribution in [0.15, 0.2) is 60.7 Å². The van der Waals surface area contributed by atoms with Crippen LogP contribution in [0.5, 0.6) is 0 Å². The van der Waals surface area contributed by atoms with Crippen LogP contribution in [0, 0.1) is 0 Å². The number of ether oxygens (including phenoxy) is 1. The van der Waals surface area contributed by atoms with Gasteiger partial charge < -0.3 is 9.64 Å². The van der Waals surface area contributed by atoms with E-state index in [1.807, 2.05) is 36.4 Å². The fourth-order valence-corrected chi connectivity index (χ4v) is 3.88. The molecule has 0 radical (unpaired) electrons. The Morgan fingerprint density at radius 1 is 1.03 bits per heavy atom. The quantitative estimate of drug-likeness (QED) is 0.638. The molecule has 160 valence electrons. The van der Waals surface area contributed by atoms with Crippen LogP contribution in [0.25, 0.3) is 0 Å². The highest BCUT2D eigenvalue weighted by atomic mass is 16.6. The minimum atomic E-state index is -0.346. The van der Waals surface area contributed by atoms with Gasteiger partial charge in [-0.15, -0.1) is 0 Å². The van der Waals surface area contributed by atoms with E-state index in [1.54, 1.807) is 11.9 Å². The van der Waals surface area contributed by atoms with Gasteiger partial charge in [0, 0.05) is 45.1 Å². The average Bonchev–Trinajstić information content (AvgIpc) is 2.77. The molecular formula is C25H32N2O3. The Bertz CT molecular complexity index is 768. The fourth-order valence-electron chi connectivity index (χ4n) is 3.88. The molecule has 0 bridgehead atoms. The number of carbonyl (C=O) groups is 2. The zero-order valence-electron chi connectivity index (χ0n) is 18.0. The molecule has 2 aromatic carbocycles. The first-order chi connectivity index (χ1) is 14.5. The molecule has 0 aliphatic heterocycles. The molecule has 0 spiro atoms. The van der Waals surface area contributed by atoms with Crippen LogP contribution in [0.1, 0.15) is 43.7 Å². The van der Waals surface area contributed by atoms with Crippen LogP contribution < -0.4 is 0 Å². The van der Waals surface area contributed by atoms with E-state index >= 15 is 0 Å². The van der Waals surface area contributed by atoms with Crippen LogP contribution in [0.2, 0.25) is 0 Å². The summed E-state index contributed by atoms with van der Waals surface area (Å²) in [5.41, 5.74) is 2.45. The molecule has 0 saturated heterocycles. The van der Waals surface area contributed by atoms with Crippen LogP contribution >= 0.6 is 0 Å². The van der Waals surface area contributed by atoms with Crippen molar-refractivity contribution in [3.63, 3.8) is 0 Å². The molecule has 1 amide bonds. The van der Waals surface area contributed by atoms with Crippen LogP contribution in [-0.2, 0) is 22.6 Å². The highest BCUT2D eigenvalue weighted by Gasteiger charge is 2.27. The number of amides is 1. The summed E-state index contributed by atoms with van der Waals surface area (Å²) in [4.78, 5) is 28.2. The average molecular weight is 409 g/mol. The van der Waals surface area contributed by atoms with Gasteiger partial charge in [0.05, 0.1) is 0 Å². The summed E-state index contributed by atoms with van der Waals surface area (Å²) in [6, 6.07) is 20.7. The Kier molecular flexibility index (Phi) is 8.03. The molecule has 1 fully saturated rings. The summed E-state index contributed by atoms with van der Waals surface area (Å²) in [7, 11) is 1.74. The van der Waals surface area contributed by atoms with Crippen molar-refractivity contribution in [1.29, 1.82) is 0 Å². The lowest BCUT2D eigenvalue weighted by Gasteiger charge is -2.32. The number of hydrogen-bond donors (Lipinski definition) is 0. The van der Waals surface area contributed by atoms with E-state index < -0.39 is 0 Å². The fraction of sp³-hybridized carbons (Fsp3) is 0.440. The van der Waals surface area contributed by atoms with E-state index in [4.69, 9.17) is 4.74 Å². The third-order valence-corrected chi connectivity index (χ3v) is 5.82. The monoisotopic (exact) mass is 408 g/mol. The maximum Gasteiger partial charge on any atom is 0.409 e. The summed E-state index contributed by atoms with van der Waals surface area (Å²) in [6.45, 7) is 3.95. The second kappa shape index (κ2) is 10.9. The molecular weight excluding hydrogens is 376 g/mol. The topological polar surface area (TPSA) is 49.9 Å². The molecule has 2 atom stereocenters. The van der Waals surface area contributed by atoms with Crippen molar-refractivity contribution in [3.05, 3.63) is 71.8 Å². The Morgan fingerprint density at radius 3 is 2.13 bits per heavy atom. The molecule has 1 unspecified atom stereocenters. The molecule has 0 N–H and O–H groups in total. The summed E-state index contributed by atoms with van der Waals surface area (Å²) < 4.78 is 5.64. The number of hydrogen-bond acceptors (Lipinski definition) is 4. The lowest BCUT2D eigenvalue weighted by atomic mass is 9.94. The van der Waals surface area contributed by atoms with Gasteiger partial charge in [-0.25, -0.2) is 4.79 Å². The van der Waals surface area contributed by atoms with Crippen molar-refractivity contribution in [2.24, 2.45) is 0 Å². The van der Waals surface area contributed by atoms with Gasteiger partial charge >= 0.3 is 6.09 Å². The Morgan fingerprint density at radius 2 is 1.60 bits per heavy atom. The lowest BCUT2D eigenvalue weighted by Crippen LogP contribution is -2.42. The number of nitrogens with zero attached hydrogens (tertiary/aromatic N) is 2. The molecule has 0 heterocycles. The van der Waals surface area contributed by atoms with Crippen LogP contribution in [0.3, 0.4) is 0 Å². The zero-order valence-corrected chi connectivity index (χ0v) is 18.0.